The highest BCUT2D eigenvalue weighted by Crippen LogP contribution is 2.31. The molecule has 5 heterocycles. The van der Waals surface area contributed by atoms with Crippen molar-refractivity contribution >= 4 is 34.7 Å². The Balaban J connectivity index is 1.17. The number of aromatic nitrogens is 2. The third-order valence-electron chi connectivity index (χ3n) is 7.80. The molecule has 11 nitrogen and oxygen atoms in total. The first kappa shape index (κ1) is 25.0. The second kappa shape index (κ2) is 9.79. The number of aryl methyl sites for hydroxylation is 2. The molecule has 2 aromatic heterocycles. The van der Waals surface area contributed by atoms with E-state index >= 15 is 0 Å². The van der Waals surface area contributed by atoms with Gasteiger partial charge in [0.2, 0.25) is 11.8 Å². The maximum Gasteiger partial charge on any atom is 0.258 e. The number of carbonyl (C=O) groups is 4. The number of imide groups is 1. The topological polar surface area (TPSA) is 135 Å². The van der Waals surface area contributed by atoms with Gasteiger partial charge in [0.05, 0.1) is 22.7 Å². The fraction of sp³-hybridized carbons (Fsp3) is 0.429. The highest BCUT2D eigenvalue weighted by Gasteiger charge is 2.39. The Morgan fingerprint density at radius 3 is 2.82 bits per heavy atom. The molecule has 3 aromatic rings. The molecule has 2 saturated heterocycles. The summed E-state index contributed by atoms with van der Waals surface area (Å²) >= 11 is 0. The van der Waals surface area contributed by atoms with Crippen LogP contribution < -0.4 is 10.1 Å². The molecule has 0 aliphatic carbocycles. The molecule has 0 radical (unpaired) electrons. The van der Waals surface area contributed by atoms with Crippen molar-refractivity contribution in [3.05, 3.63) is 52.3 Å². The van der Waals surface area contributed by atoms with Crippen LogP contribution in [0.3, 0.4) is 0 Å². The highest BCUT2D eigenvalue weighted by molar-refractivity contribution is 6.06. The van der Waals surface area contributed by atoms with Gasteiger partial charge in [-0.05, 0) is 69.4 Å². The number of amides is 4. The van der Waals surface area contributed by atoms with Crippen LogP contribution in [0.4, 0.5) is 0 Å². The lowest BCUT2D eigenvalue weighted by atomic mass is 10.00. The predicted octanol–water partition coefficient (Wildman–Crippen LogP) is 2.67. The summed E-state index contributed by atoms with van der Waals surface area (Å²) < 4.78 is 11.5. The van der Waals surface area contributed by atoms with Crippen molar-refractivity contribution in [2.75, 3.05) is 13.2 Å². The first-order valence-electron chi connectivity index (χ1n) is 13.2. The quantitative estimate of drug-likeness (QED) is 0.497. The molecular formula is C28H29N5O6. The van der Waals surface area contributed by atoms with Crippen LogP contribution in [0.1, 0.15) is 69.8 Å². The molecule has 3 aliphatic heterocycles. The van der Waals surface area contributed by atoms with Crippen molar-refractivity contribution < 1.29 is 28.4 Å². The second-order valence-electron chi connectivity index (χ2n) is 10.4. The lowest BCUT2D eigenvalue weighted by molar-refractivity contribution is -0.136. The monoisotopic (exact) mass is 531 g/mol. The lowest BCUT2D eigenvalue weighted by Crippen LogP contribution is -2.52. The molecule has 2 fully saturated rings. The van der Waals surface area contributed by atoms with Gasteiger partial charge >= 0.3 is 0 Å². The van der Waals surface area contributed by atoms with Crippen molar-refractivity contribution in [2.45, 2.75) is 64.6 Å². The molecule has 6 rings (SSSR count). The average molecular weight is 532 g/mol. The number of benzene rings is 1. The van der Waals surface area contributed by atoms with Crippen LogP contribution in [0.15, 0.2) is 28.8 Å². The Labute approximate surface area is 224 Å². The fourth-order valence-electron chi connectivity index (χ4n) is 5.82. The van der Waals surface area contributed by atoms with Crippen molar-refractivity contribution in [3.8, 4) is 5.75 Å². The number of rotatable bonds is 5. The molecule has 1 N–H and O–H groups in total. The summed E-state index contributed by atoms with van der Waals surface area (Å²) in [5.41, 5.74) is 3.52. The SMILES string of the molecule is Cc1cc(C(=O)N2CCCC[C@H]2COc2ccc3c(c2)CN(C2CCC(=O)NC2=O)C3=O)c2c(C)noc2n1. The van der Waals surface area contributed by atoms with E-state index in [0.717, 1.165) is 24.8 Å². The smallest absolute Gasteiger partial charge is 0.258 e. The van der Waals surface area contributed by atoms with Gasteiger partial charge in [-0.1, -0.05) is 5.16 Å². The number of ether oxygens (including phenoxy) is 1. The summed E-state index contributed by atoms with van der Waals surface area (Å²) in [6.45, 7) is 4.84. The van der Waals surface area contributed by atoms with E-state index in [1.165, 1.54) is 4.90 Å². The highest BCUT2D eigenvalue weighted by atomic mass is 16.5. The Kier molecular flexibility index (Phi) is 6.28. The number of piperidine rings is 2. The van der Waals surface area contributed by atoms with Gasteiger partial charge in [0.25, 0.3) is 17.5 Å². The first-order valence-corrected chi connectivity index (χ1v) is 13.2. The van der Waals surface area contributed by atoms with Crippen LogP contribution in [0.25, 0.3) is 11.1 Å². The van der Waals surface area contributed by atoms with Gasteiger partial charge in [-0.2, -0.15) is 0 Å². The van der Waals surface area contributed by atoms with Gasteiger partial charge in [-0.3, -0.25) is 24.5 Å². The van der Waals surface area contributed by atoms with Crippen LogP contribution in [-0.4, -0.2) is 68.8 Å². The minimum Gasteiger partial charge on any atom is -0.491 e. The zero-order valence-electron chi connectivity index (χ0n) is 21.9. The van der Waals surface area contributed by atoms with Crippen LogP contribution in [0.2, 0.25) is 0 Å². The summed E-state index contributed by atoms with van der Waals surface area (Å²) in [6, 6.07) is 6.29. The van der Waals surface area contributed by atoms with Gasteiger partial charge in [0.15, 0.2) is 0 Å². The molecule has 4 amide bonds. The van der Waals surface area contributed by atoms with Gasteiger partial charge in [-0.25, -0.2) is 4.98 Å². The number of nitrogens with zero attached hydrogens (tertiary/aromatic N) is 4. The van der Waals surface area contributed by atoms with E-state index in [9.17, 15) is 19.2 Å². The van der Waals surface area contributed by atoms with E-state index in [2.05, 4.69) is 15.5 Å². The van der Waals surface area contributed by atoms with E-state index in [1.807, 2.05) is 17.9 Å². The van der Waals surface area contributed by atoms with Gasteiger partial charge in [0.1, 0.15) is 18.4 Å². The Morgan fingerprint density at radius 1 is 1.15 bits per heavy atom. The molecule has 0 saturated carbocycles. The zero-order chi connectivity index (χ0) is 27.3. The number of likely N-dealkylation sites (tertiary alicyclic amines) is 1. The molecule has 39 heavy (non-hydrogen) atoms. The third-order valence-corrected chi connectivity index (χ3v) is 7.80. The standard InChI is InChI=1S/C28H29N5O6/c1-15-11-21(24-16(2)31-39-26(24)29-15)28(37)32-10-4-3-5-18(32)14-38-19-6-7-20-17(12-19)13-33(27(20)36)22-8-9-23(34)30-25(22)35/h6-7,11-12,18,22H,3-5,8-10,13-14H2,1-2H3,(H,30,34,35)/t18-,22?/m0/s1. The Morgan fingerprint density at radius 2 is 2.00 bits per heavy atom. The minimum absolute atomic E-state index is 0.0930. The molecule has 202 valence electrons. The van der Waals surface area contributed by atoms with Crippen molar-refractivity contribution in [1.29, 1.82) is 0 Å². The number of nitrogens with one attached hydrogen (secondary N) is 1. The normalized spacial score (nSPS) is 21.3. The maximum absolute atomic E-state index is 13.7. The van der Waals surface area contributed by atoms with Crippen LogP contribution in [0.5, 0.6) is 5.75 Å². The minimum atomic E-state index is -0.661. The molecule has 1 aromatic carbocycles. The molecule has 0 bridgehead atoms. The van der Waals surface area contributed by atoms with Crippen molar-refractivity contribution in [3.63, 3.8) is 0 Å². The molecule has 3 aliphatic rings. The van der Waals surface area contributed by atoms with Crippen LogP contribution in [-0.2, 0) is 16.1 Å². The number of pyridine rings is 1. The zero-order valence-corrected chi connectivity index (χ0v) is 21.9. The summed E-state index contributed by atoms with van der Waals surface area (Å²) in [4.78, 5) is 58.3. The second-order valence-corrected chi connectivity index (χ2v) is 10.4. The average Bonchev–Trinajstić information content (AvgIpc) is 3.45. The summed E-state index contributed by atoms with van der Waals surface area (Å²) in [6.07, 6.45) is 3.25. The first-order chi connectivity index (χ1) is 18.8. The van der Waals surface area contributed by atoms with E-state index in [4.69, 9.17) is 9.26 Å². The van der Waals surface area contributed by atoms with Crippen LogP contribution in [0, 0.1) is 13.8 Å². The maximum atomic E-state index is 13.7. The predicted molar refractivity (Wildman–Crippen MR) is 138 cm³/mol. The van der Waals surface area contributed by atoms with Crippen molar-refractivity contribution in [2.24, 2.45) is 0 Å². The van der Waals surface area contributed by atoms with E-state index in [1.54, 1.807) is 25.1 Å². The number of hydrogen-bond acceptors (Lipinski definition) is 8. The fourth-order valence-corrected chi connectivity index (χ4v) is 5.82. The third kappa shape index (κ3) is 4.51. The van der Waals surface area contributed by atoms with E-state index in [0.29, 0.717) is 58.9 Å². The van der Waals surface area contributed by atoms with Crippen LogP contribution >= 0.6 is 0 Å². The lowest BCUT2D eigenvalue weighted by Gasteiger charge is -2.35. The van der Waals surface area contributed by atoms with Gasteiger partial charge < -0.3 is 19.1 Å². The number of hydrogen-bond donors (Lipinski definition) is 1. The van der Waals surface area contributed by atoms with Crippen molar-refractivity contribution in [1.82, 2.24) is 25.3 Å². The molecule has 11 heteroatoms. The molecule has 1 unspecified atom stereocenters. The summed E-state index contributed by atoms with van der Waals surface area (Å²) in [7, 11) is 0. The van der Waals surface area contributed by atoms with Gasteiger partial charge in [-0.15, -0.1) is 0 Å². The Bertz CT molecular complexity index is 1510. The van der Waals surface area contributed by atoms with E-state index < -0.39 is 11.9 Å². The molecule has 2 atom stereocenters. The number of carbonyl (C=O) groups excluding carboxylic acids is 4. The molecule has 0 spiro atoms. The number of fused-ring (bicyclic) bond motifs is 2. The summed E-state index contributed by atoms with van der Waals surface area (Å²) in [5, 5.41) is 6.96. The van der Waals surface area contributed by atoms with E-state index in [-0.39, 0.29) is 36.7 Å². The summed E-state index contributed by atoms with van der Waals surface area (Å²) in [5.74, 6) is -0.468. The Hall–Kier alpha value is -4.28. The molecular weight excluding hydrogens is 502 g/mol. The largest absolute Gasteiger partial charge is 0.491 e. The van der Waals surface area contributed by atoms with Gasteiger partial charge in [0, 0.05) is 30.8 Å².